The van der Waals surface area contributed by atoms with Crippen molar-refractivity contribution in [2.24, 2.45) is 61.6 Å². The molecule has 0 amide bonds. The van der Waals surface area contributed by atoms with Gasteiger partial charge in [-0.05, 0) is 162 Å². The van der Waals surface area contributed by atoms with Crippen molar-refractivity contribution in [3.63, 3.8) is 0 Å². The first-order valence-electron chi connectivity index (χ1n) is 24.7. The van der Waals surface area contributed by atoms with E-state index in [1.54, 1.807) is 27.7 Å². The summed E-state index contributed by atoms with van der Waals surface area (Å²) in [4.78, 5) is 71.0. The van der Waals surface area contributed by atoms with Gasteiger partial charge in [-0.2, -0.15) is 0 Å². The van der Waals surface area contributed by atoms with E-state index in [0.717, 1.165) is 62.6 Å². The van der Waals surface area contributed by atoms with Crippen LogP contribution in [0, 0.1) is 61.6 Å². The van der Waals surface area contributed by atoms with Crippen LogP contribution in [0.5, 0.6) is 0 Å². The molecule has 5 aliphatic rings. The number of Topliss-reactive ketones (excluding diaryl/α,β-unsaturated/α-hetero) is 1. The number of nitrogens with zero attached hydrogens (tertiary/aromatic N) is 2. The van der Waals surface area contributed by atoms with E-state index in [-0.39, 0.29) is 70.6 Å². The molecule has 2 N–H and O–H groups in total. The third kappa shape index (κ3) is 9.41. The van der Waals surface area contributed by atoms with Crippen molar-refractivity contribution < 1.29 is 43.7 Å². The minimum absolute atomic E-state index is 0.0309. The second-order valence-corrected chi connectivity index (χ2v) is 25.0. The van der Waals surface area contributed by atoms with Gasteiger partial charge in [-0.1, -0.05) is 72.2 Å². The molecule has 368 valence electrons. The number of hydrogen-bond donors (Lipinski definition) is 2. The second-order valence-electron chi connectivity index (χ2n) is 24.6. The Bertz CT molecular complexity index is 2080. The number of esters is 2. The molecule has 11 nitrogen and oxygen atoms in total. The fraction of sp³-hybridized carbons (Fsp3) is 0.759. The largest absolute Gasteiger partial charge is 0.481 e. The highest BCUT2D eigenvalue weighted by atomic mass is 35.5. The molecule has 0 radical (unpaired) electrons. The monoisotopic (exact) mass is 937 g/mol. The maximum absolute atomic E-state index is 14.8. The van der Waals surface area contributed by atoms with Crippen molar-refractivity contribution in [2.75, 3.05) is 33.7 Å². The van der Waals surface area contributed by atoms with E-state index in [1.165, 1.54) is 5.57 Å². The number of benzene rings is 1. The highest BCUT2D eigenvalue weighted by Crippen LogP contribution is 2.77. The van der Waals surface area contributed by atoms with Gasteiger partial charge in [0.15, 0.2) is 5.78 Å². The first-order valence-corrected chi connectivity index (χ1v) is 25.1. The number of halogens is 1. The zero-order valence-corrected chi connectivity index (χ0v) is 43.2. The van der Waals surface area contributed by atoms with Crippen LogP contribution in [0.15, 0.2) is 35.4 Å². The fourth-order valence-corrected chi connectivity index (χ4v) is 14.6. The molecule has 0 aliphatic heterocycles. The highest BCUT2D eigenvalue weighted by Gasteiger charge is 2.71. The lowest BCUT2D eigenvalue weighted by Gasteiger charge is -2.72. The Morgan fingerprint density at radius 3 is 1.97 bits per heavy atom. The lowest BCUT2D eigenvalue weighted by molar-refractivity contribution is -0.235. The summed E-state index contributed by atoms with van der Waals surface area (Å²) < 4.78 is 13.0. The number of aliphatic carboxylic acids is 2. The number of likely N-dealkylation sites (N-methyl/N-ethyl adjacent to an activating group) is 1. The van der Waals surface area contributed by atoms with Gasteiger partial charge < -0.3 is 24.6 Å². The zero-order valence-electron chi connectivity index (χ0n) is 42.4. The van der Waals surface area contributed by atoms with Crippen LogP contribution in [0.25, 0.3) is 0 Å². The van der Waals surface area contributed by atoms with Crippen LogP contribution in [-0.4, -0.2) is 95.6 Å². The number of fused-ring (bicyclic) bond motifs is 7. The molecule has 1 aromatic carbocycles. The summed E-state index contributed by atoms with van der Waals surface area (Å²) in [5, 5.41) is 20.4. The first kappa shape index (κ1) is 52.1. The van der Waals surface area contributed by atoms with E-state index >= 15 is 0 Å². The van der Waals surface area contributed by atoms with Crippen molar-refractivity contribution in [3.8, 4) is 0 Å². The molecule has 0 spiro atoms. The number of ether oxygens (including phenoxy) is 2. The minimum atomic E-state index is -1.33. The molecule has 6 rings (SSSR count). The van der Waals surface area contributed by atoms with Gasteiger partial charge in [0, 0.05) is 48.5 Å². The predicted molar refractivity (Wildman–Crippen MR) is 257 cm³/mol. The molecule has 5 aliphatic carbocycles. The van der Waals surface area contributed by atoms with Gasteiger partial charge in [-0.3, -0.25) is 28.9 Å². The lowest BCUT2D eigenvalue weighted by Crippen LogP contribution is -2.66. The van der Waals surface area contributed by atoms with E-state index in [4.69, 9.17) is 21.1 Å². The summed E-state index contributed by atoms with van der Waals surface area (Å²) in [7, 11) is 4.08. The molecule has 4 fully saturated rings. The Hall–Kier alpha value is -3.28. The molecule has 0 bridgehead atoms. The Morgan fingerprint density at radius 2 is 1.39 bits per heavy atom. The quantitative estimate of drug-likeness (QED) is 0.144. The Morgan fingerprint density at radius 1 is 0.788 bits per heavy atom. The number of allylic oxidation sites excluding steroid dienone is 1. The Labute approximate surface area is 400 Å². The van der Waals surface area contributed by atoms with Gasteiger partial charge in [0.1, 0.15) is 12.2 Å². The number of rotatable bonds is 17. The predicted octanol–water partition coefficient (Wildman–Crippen LogP) is 10.5. The minimum Gasteiger partial charge on any atom is -0.481 e. The average molecular weight is 938 g/mol. The number of hydrogen-bond acceptors (Lipinski definition) is 9. The summed E-state index contributed by atoms with van der Waals surface area (Å²) in [6, 6.07) is 7.81. The van der Waals surface area contributed by atoms with Crippen LogP contribution in [-0.2, 0) is 40.0 Å². The van der Waals surface area contributed by atoms with Gasteiger partial charge >= 0.3 is 23.9 Å². The van der Waals surface area contributed by atoms with Gasteiger partial charge in [0.25, 0.3) is 0 Å². The molecule has 1 aromatic rings. The molecule has 0 aromatic heterocycles. The SMILES string of the molecule is CC(C)C1=C2[C@H]3CCC4[C@@]5(C)CC[C@H](OC(=O)CC(C)(C)C(=O)O)C(C)(C)[C@@H]5CC[C@@]4(C)[C@]3(C)CC[C@@]2([C@@H](CN(CCN(C)C)Cc2ccc(Cl)cc2)OC(=O)CC(C)(C)C(=O)O)CC1=O. The van der Waals surface area contributed by atoms with Crippen molar-refractivity contribution in [1.29, 1.82) is 0 Å². The molecule has 9 atom stereocenters. The van der Waals surface area contributed by atoms with E-state index in [9.17, 15) is 34.2 Å². The summed E-state index contributed by atoms with van der Waals surface area (Å²) in [5.41, 5.74) is -0.739. The molecule has 66 heavy (non-hydrogen) atoms. The van der Waals surface area contributed by atoms with Gasteiger partial charge in [0.05, 0.1) is 23.7 Å². The van der Waals surface area contributed by atoms with Crippen LogP contribution >= 0.6 is 11.6 Å². The van der Waals surface area contributed by atoms with Crippen LogP contribution in [0.2, 0.25) is 5.02 Å². The number of carboxylic acid groups (broad SMARTS) is 2. The molecule has 4 saturated carbocycles. The molecule has 1 unspecified atom stereocenters. The molecule has 12 heteroatoms. The Kier molecular flexibility index (Phi) is 14.7. The topological polar surface area (TPSA) is 151 Å². The summed E-state index contributed by atoms with van der Waals surface area (Å²) in [6.45, 7) is 24.9. The van der Waals surface area contributed by atoms with Gasteiger partial charge in [-0.15, -0.1) is 0 Å². The standard InChI is InChI=1S/C54H81ClN2O9/c1-33(2)44-37(58)28-54(41(66-43(60)30-49(5,6)47(63)64)32-57(27-26-56(12)13)31-34-14-16-35(55)17-15-34)25-24-52(10)36(45(44)54)18-19-39-51(9)22-21-40(65-42(59)29-48(3,4)46(61)62)50(7,8)38(51)20-23-53(39,52)11/h14-17,33,36,38-41H,18-32H2,1-13H3,(H,61,62)(H,63,64)/t36-,38+,39?,40+,41-,51+,52-,53-,54+/m1/s1. The maximum Gasteiger partial charge on any atom is 0.309 e. The lowest BCUT2D eigenvalue weighted by atomic mass is 9.33. The molecule has 0 heterocycles. The third-order valence-electron chi connectivity index (χ3n) is 18.5. The van der Waals surface area contributed by atoms with Gasteiger partial charge in [-0.25, -0.2) is 0 Å². The van der Waals surface area contributed by atoms with Crippen LogP contribution < -0.4 is 0 Å². The molecular weight excluding hydrogens is 856 g/mol. The summed E-state index contributed by atoms with van der Waals surface area (Å²) in [6.07, 6.45) is 5.84. The highest BCUT2D eigenvalue weighted by molar-refractivity contribution is 6.30. The number of carbonyl (C=O) groups excluding carboxylic acids is 3. The van der Waals surface area contributed by atoms with Crippen molar-refractivity contribution >= 4 is 41.3 Å². The van der Waals surface area contributed by atoms with E-state index in [0.29, 0.717) is 37.0 Å². The second kappa shape index (κ2) is 18.6. The zero-order chi connectivity index (χ0) is 49.2. The first-order chi connectivity index (χ1) is 30.4. The van der Waals surface area contributed by atoms with Crippen molar-refractivity contribution in [2.45, 2.75) is 166 Å². The summed E-state index contributed by atoms with van der Waals surface area (Å²) in [5.74, 6) is -2.24. The van der Waals surface area contributed by atoms with E-state index < -0.39 is 46.2 Å². The molecule has 0 saturated heterocycles. The maximum atomic E-state index is 14.8. The van der Waals surface area contributed by atoms with Crippen LogP contribution in [0.1, 0.15) is 152 Å². The van der Waals surface area contributed by atoms with Crippen LogP contribution in [0.4, 0.5) is 0 Å². The third-order valence-corrected chi connectivity index (χ3v) is 18.8. The van der Waals surface area contributed by atoms with Crippen LogP contribution in [0.3, 0.4) is 0 Å². The summed E-state index contributed by atoms with van der Waals surface area (Å²) >= 11 is 6.31. The fourth-order valence-electron chi connectivity index (χ4n) is 14.5. The average Bonchev–Trinajstić information content (AvgIpc) is 3.51. The normalized spacial score (nSPS) is 32.3. The van der Waals surface area contributed by atoms with E-state index in [2.05, 4.69) is 58.3 Å². The molecular formula is C54H81ClN2O9. The van der Waals surface area contributed by atoms with Crippen molar-refractivity contribution in [1.82, 2.24) is 9.80 Å². The number of carboxylic acids is 2. The van der Waals surface area contributed by atoms with E-state index in [1.807, 2.05) is 38.4 Å². The van der Waals surface area contributed by atoms with Crippen molar-refractivity contribution in [3.05, 3.63) is 46.0 Å². The smallest absolute Gasteiger partial charge is 0.309 e. The number of ketones is 1. The number of carbonyl (C=O) groups is 5. The van der Waals surface area contributed by atoms with Gasteiger partial charge in [0.2, 0.25) is 0 Å². The Balaban J connectivity index is 1.38.